The molecule has 0 aromatic carbocycles. The first-order valence-corrected chi connectivity index (χ1v) is 6.26. The first-order chi connectivity index (χ1) is 7.87. The summed E-state index contributed by atoms with van der Waals surface area (Å²) in [5.41, 5.74) is 5.14. The van der Waals surface area contributed by atoms with E-state index in [0.29, 0.717) is 24.9 Å². The predicted molar refractivity (Wildman–Crippen MR) is 68.1 cm³/mol. The van der Waals surface area contributed by atoms with Crippen LogP contribution >= 0.6 is 0 Å². The Kier molecular flexibility index (Phi) is 4.77. The average molecular weight is 243 g/mol. The standard InChI is InChI=1S/C12H25N3O2/c1-11(2)4-6-12(16,7-5-11)9-14-8-3-10(13)15-17/h14,16-17H,3-9H2,1-2H3,(H2,13,15). The summed E-state index contributed by atoms with van der Waals surface area (Å²) in [5.74, 6) is 0.217. The van der Waals surface area contributed by atoms with Gasteiger partial charge in [-0.1, -0.05) is 19.0 Å². The molecule has 5 N–H and O–H groups in total. The summed E-state index contributed by atoms with van der Waals surface area (Å²) in [6.07, 6.45) is 4.31. The second-order valence-electron chi connectivity index (χ2n) is 5.91. The van der Waals surface area contributed by atoms with Crippen LogP contribution in [0.4, 0.5) is 0 Å². The quantitative estimate of drug-likeness (QED) is 0.191. The van der Waals surface area contributed by atoms with Crippen LogP contribution in [0.1, 0.15) is 46.0 Å². The Morgan fingerprint density at radius 3 is 2.41 bits per heavy atom. The van der Waals surface area contributed by atoms with Crippen molar-refractivity contribution in [2.45, 2.75) is 51.6 Å². The molecule has 1 rings (SSSR count). The maximum atomic E-state index is 10.4. The number of oxime groups is 1. The molecule has 1 aliphatic carbocycles. The van der Waals surface area contributed by atoms with Crippen LogP contribution in [0.3, 0.4) is 0 Å². The molecule has 0 heterocycles. The summed E-state index contributed by atoms with van der Waals surface area (Å²) in [6.45, 7) is 5.71. The Morgan fingerprint density at radius 1 is 1.29 bits per heavy atom. The van der Waals surface area contributed by atoms with E-state index >= 15 is 0 Å². The minimum absolute atomic E-state index is 0.217. The number of aliphatic hydroxyl groups is 1. The zero-order chi connectivity index (χ0) is 12.9. The Labute approximate surface area is 103 Å². The molecule has 0 atom stereocenters. The minimum Gasteiger partial charge on any atom is -0.409 e. The second-order valence-corrected chi connectivity index (χ2v) is 5.91. The summed E-state index contributed by atoms with van der Waals surface area (Å²) >= 11 is 0. The van der Waals surface area contributed by atoms with Gasteiger partial charge in [0.05, 0.1) is 5.60 Å². The molecule has 0 aromatic heterocycles. The lowest BCUT2D eigenvalue weighted by molar-refractivity contribution is -0.0240. The smallest absolute Gasteiger partial charge is 0.140 e. The normalized spacial score (nSPS) is 23.6. The van der Waals surface area contributed by atoms with E-state index in [9.17, 15) is 5.11 Å². The molecular formula is C12H25N3O2. The molecule has 0 bridgehead atoms. The third-order valence-electron chi connectivity index (χ3n) is 3.67. The first kappa shape index (κ1) is 14.3. The number of hydrogen-bond acceptors (Lipinski definition) is 4. The Bertz CT molecular complexity index is 267. The highest BCUT2D eigenvalue weighted by Crippen LogP contribution is 2.39. The monoisotopic (exact) mass is 243 g/mol. The summed E-state index contributed by atoms with van der Waals surface area (Å²) in [5, 5.41) is 24.8. The summed E-state index contributed by atoms with van der Waals surface area (Å²) in [6, 6.07) is 0. The van der Waals surface area contributed by atoms with Crippen LogP contribution in [0.25, 0.3) is 0 Å². The minimum atomic E-state index is -0.583. The number of nitrogens with zero attached hydrogens (tertiary/aromatic N) is 1. The fourth-order valence-electron chi connectivity index (χ4n) is 2.16. The van der Waals surface area contributed by atoms with Crippen molar-refractivity contribution in [2.24, 2.45) is 16.3 Å². The molecule has 1 fully saturated rings. The number of nitrogens with two attached hydrogens (primary N) is 1. The highest BCUT2D eigenvalue weighted by Gasteiger charge is 2.36. The number of amidine groups is 1. The van der Waals surface area contributed by atoms with Gasteiger partial charge in [-0.2, -0.15) is 0 Å². The van der Waals surface area contributed by atoms with Crippen LogP contribution in [0, 0.1) is 5.41 Å². The molecule has 0 spiro atoms. The van der Waals surface area contributed by atoms with Gasteiger partial charge >= 0.3 is 0 Å². The highest BCUT2D eigenvalue weighted by molar-refractivity contribution is 5.79. The third kappa shape index (κ3) is 4.91. The Morgan fingerprint density at radius 2 is 1.88 bits per heavy atom. The average Bonchev–Trinajstić information content (AvgIpc) is 2.29. The largest absolute Gasteiger partial charge is 0.409 e. The van der Waals surface area contributed by atoms with Gasteiger partial charge in [-0.3, -0.25) is 0 Å². The van der Waals surface area contributed by atoms with Crippen molar-refractivity contribution in [3.8, 4) is 0 Å². The zero-order valence-electron chi connectivity index (χ0n) is 10.9. The molecule has 100 valence electrons. The van der Waals surface area contributed by atoms with Gasteiger partial charge in [-0.05, 0) is 31.1 Å². The van der Waals surface area contributed by atoms with Gasteiger partial charge in [-0.25, -0.2) is 0 Å². The zero-order valence-corrected chi connectivity index (χ0v) is 10.9. The lowest BCUT2D eigenvalue weighted by Gasteiger charge is -2.40. The molecule has 0 radical (unpaired) electrons. The van der Waals surface area contributed by atoms with E-state index < -0.39 is 5.60 Å². The van der Waals surface area contributed by atoms with Crippen molar-refractivity contribution in [3.63, 3.8) is 0 Å². The number of nitrogens with one attached hydrogen (secondary N) is 1. The SMILES string of the molecule is CC1(C)CCC(O)(CNCCC(N)=NO)CC1. The van der Waals surface area contributed by atoms with E-state index in [0.717, 1.165) is 25.7 Å². The molecule has 5 heteroatoms. The second kappa shape index (κ2) is 5.69. The molecule has 1 aliphatic rings. The molecule has 0 amide bonds. The van der Waals surface area contributed by atoms with Gasteiger partial charge in [0.25, 0.3) is 0 Å². The van der Waals surface area contributed by atoms with Gasteiger partial charge < -0.3 is 21.4 Å². The van der Waals surface area contributed by atoms with Crippen molar-refractivity contribution in [2.75, 3.05) is 13.1 Å². The lowest BCUT2D eigenvalue weighted by Crippen LogP contribution is -2.45. The topological polar surface area (TPSA) is 90.9 Å². The Balaban J connectivity index is 2.23. The molecular weight excluding hydrogens is 218 g/mol. The Hall–Kier alpha value is -0.810. The summed E-state index contributed by atoms with van der Waals surface area (Å²) in [7, 11) is 0. The van der Waals surface area contributed by atoms with Crippen molar-refractivity contribution >= 4 is 5.84 Å². The molecule has 0 aliphatic heterocycles. The van der Waals surface area contributed by atoms with Gasteiger partial charge in [0.15, 0.2) is 0 Å². The molecule has 0 saturated heterocycles. The molecule has 0 aromatic rings. The van der Waals surface area contributed by atoms with Crippen molar-refractivity contribution in [1.82, 2.24) is 5.32 Å². The van der Waals surface area contributed by atoms with Crippen molar-refractivity contribution in [1.29, 1.82) is 0 Å². The van der Waals surface area contributed by atoms with Crippen LogP contribution in [-0.2, 0) is 0 Å². The van der Waals surface area contributed by atoms with Gasteiger partial charge in [-0.15, -0.1) is 0 Å². The van der Waals surface area contributed by atoms with E-state index in [-0.39, 0.29) is 5.84 Å². The van der Waals surface area contributed by atoms with Crippen LogP contribution < -0.4 is 11.1 Å². The summed E-state index contributed by atoms with van der Waals surface area (Å²) in [4.78, 5) is 0. The van der Waals surface area contributed by atoms with E-state index in [4.69, 9.17) is 10.9 Å². The predicted octanol–water partition coefficient (Wildman–Crippen LogP) is 1.04. The molecule has 17 heavy (non-hydrogen) atoms. The molecule has 5 nitrogen and oxygen atoms in total. The number of hydrogen-bond donors (Lipinski definition) is 4. The number of rotatable bonds is 5. The van der Waals surface area contributed by atoms with Crippen LogP contribution in [0.2, 0.25) is 0 Å². The molecule has 0 unspecified atom stereocenters. The lowest BCUT2D eigenvalue weighted by atomic mass is 9.71. The van der Waals surface area contributed by atoms with Crippen LogP contribution in [0.15, 0.2) is 5.16 Å². The van der Waals surface area contributed by atoms with Gasteiger partial charge in [0.2, 0.25) is 0 Å². The van der Waals surface area contributed by atoms with Crippen LogP contribution in [-0.4, -0.2) is 34.8 Å². The fourth-order valence-corrected chi connectivity index (χ4v) is 2.16. The first-order valence-electron chi connectivity index (χ1n) is 6.26. The maximum Gasteiger partial charge on any atom is 0.140 e. The van der Waals surface area contributed by atoms with Crippen molar-refractivity contribution in [3.05, 3.63) is 0 Å². The van der Waals surface area contributed by atoms with Crippen LogP contribution in [0.5, 0.6) is 0 Å². The van der Waals surface area contributed by atoms with E-state index in [1.165, 1.54) is 0 Å². The molecule has 1 saturated carbocycles. The highest BCUT2D eigenvalue weighted by atomic mass is 16.4. The summed E-state index contributed by atoms with van der Waals surface area (Å²) < 4.78 is 0. The maximum absolute atomic E-state index is 10.4. The van der Waals surface area contributed by atoms with E-state index in [1.54, 1.807) is 0 Å². The van der Waals surface area contributed by atoms with Gasteiger partial charge in [0.1, 0.15) is 5.84 Å². The van der Waals surface area contributed by atoms with E-state index in [2.05, 4.69) is 24.3 Å². The third-order valence-corrected chi connectivity index (χ3v) is 3.67. The van der Waals surface area contributed by atoms with Gasteiger partial charge in [0, 0.05) is 19.5 Å². The fraction of sp³-hybridized carbons (Fsp3) is 0.917. The van der Waals surface area contributed by atoms with Crippen molar-refractivity contribution < 1.29 is 10.3 Å². The van der Waals surface area contributed by atoms with E-state index in [1.807, 2.05) is 0 Å².